The lowest BCUT2D eigenvalue weighted by atomic mass is 9.87. The smallest absolute Gasteiger partial charge is 0.326 e. The number of aryl methyl sites for hydroxylation is 1. The van der Waals surface area contributed by atoms with Gasteiger partial charge in [-0.25, -0.2) is 4.39 Å². The lowest BCUT2D eigenvalue weighted by molar-refractivity contribution is 0.303. The second-order valence-electron chi connectivity index (χ2n) is 4.07. The van der Waals surface area contributed by atoms with Gasteiger partial charge in [0.2, 0.25) is 0 Å². The van der Waals surface area contributed by atoms with E-state index in [0.29, 0.717) is 6.61 Å². The van der Waals surface area contributed by atoms with Crippen molar-refractivity contribution in [2.24, 2.45) is 0 Å². The average Bonchev–Trinajstić information content (AvgIpc) is 2.37. The summed E-state index contributed by atoms with van der Waals surface area (Å²) >= 11 is 0. The minimum Gasteiger partial charge on any atom is -0.489 e. The molecule has 0 unspecified atom stereocenters. The summed E-state index contributed by atoms with van der Waals surface area (Å²) in [6.45, 7) is 2.22. The number of rotatable bonds is 4. The zero-order valence-electron chi connectivity index (χ0n) is 10.1. The summed E-state index contributed by atoms with van der Waals surface area (Å²) in [7, 11) is 1.04. The first-order valence-electron chi connectivity index (χ1n) is 5.64. The third-order valence-corrected chi connectivity index (χ3v) is 2.63. The van der Waals surface area contributed by atoms with Crippen LogP contribution in [0.25, 0.3) is 0 Å². The molecule has 0 heterocycles. The summed E-state index contributed by atoms with van der Waals surface area (Å²) in [4.78, 5) is 0. The van der Waals surface area contributed by atoms with Crippen molar-refractivity contribution in [2.75, 3.05) is 0 Å². The zero-order valence-corrected chi connectivity index (χ0v) is 10.1. The van der Waals surface area contributed by atoms with Crippen LogP contribution in [0.2, 0.25) is 0 Å². The van der Waals surface area contributed by atoms with Crippen molar-refractivity contribution in [2.45, 2.75) is 13.5 Å². The van der Waals surface area contributed by atoms with E-state index >= 15 is 0 Å². The molecule has 2 aromatic carbocycles. The Morgan fingerprint density at radius 3 is 2.72 bits per heavy atom. The Morgan fingerprint density at radius 2 is 2.06 bits per heavy atom. The molecule has 0 aromatic heterocycles. The fourth-order valence-corrected chi connectivity index (χ4v) is 1.70. The van der Waals surface area contributed by atoms with Crippen LogP contribution in [-0.2, 0) is 6.61 Å². The second-order valence-corrected chi connectivity index (χ2v) is 4.07. The molecule has 0 aliphatic heterocycles. The van der Waals surface area contributed by atoms with E-state index in [2.05, 4.69) is 0 Å². The van der Waals surface area contributed by atoms with Gasteiger partial charge in [-0.3, -0.25) is 0 Å². The van der Waals surface area contributed by atoms with Crippen LogP contribution in [0.3, 0.4) is 0 Å². The van der Waals surface area contributed by atoms with Gasteiger partial charge in [0.1, 0.15) is 18.2 Å². The number of benzene rings is 2. The first-order chi connectivity index (χ1) is 8.69. The van der Waals surface area contributed by atoms with Crippen molar-refractivity contribution >= 4 is 12.9 Å². The van der Waals surface area contributed by atoms with Gasteiger partial charge in [-0.15, -0.1) is 0 Å². The van der Waals surface area contributed by atoms with Gasteiger partial charge < -0.3 is 9.76 Å². The van der Waals surface area contributed by atoms with E-state index in [1.807, 2.05) is 19.1 Å². The van der Waals surface area contributed by atoms with Crippen molar-refractivity contribution in [3.63, 3.8) is 0 Å². The van der Waals surface area contributed by atoms with Crippen molar-refractivity contribution in [1.82, 2.24) is 0 Å². The van der Waals surface area contributed by atoms with Crippen molar-refractivity contribution < 1.29 is 14.2 Å². The SMILES string of the molecule is Cc1cc([B]O)ccc1OCc1cccc(F)c1. The Kier molecular flexibility index (Phi) is 4.00. The largest absolute Gasteiger partial charge is 0.489 e. The molecule has 2 aromatic rings. The minimum atomic E-state index is -0.266. The Morgan fingerprint density at radius 1 is 1.22 bits per heavy atom. The summed E-state index contributed by atoms with van der Waals surface area (Å²) < 4.78 is 18.6. The monoisotopic (exact) mass is 243 g/mol. The quantitative estimate of drug-likeness (QED) is 0.831. The van der Waals surface area contributed by atoms with Gasteiger partial charge in [-0.1, -0.05) is 29.7 Å². The standard InChI is InChI=1S/C14H13BFO2/c1-10-7-12(15-17)5-6-14(10)18-9-11-3-2-4-13(16)8-11/h2-8,17H,9H2,1H3. The summed E-state index contributed by atoms with van der Waals surface area (Å²) in [5, 5.41) is 8.88. The number of hydrogen-bond donors (Lipinski definition) is 1. The number of hydrogen-bond acceptors (Lipinski definition) is 2. The van der Waals surface area contributed by atoms with Crippen LogP contribution in [0.4, 0.5) is 4.39 Å². The van der Waals surface area contributed by atoms with E-state index in [9.17, 15) is 4.39 Å². The first-order valence-corrected chi connectivity index (χ1v) is 5.64. The van der Waals surface area contributed by atoms with Gasteiger partial charge in [-0.2, -0.15) is 0 Å². The van der Waals surface area contributed by atoms with Crippen LogP contribution in [0.5, 0.6) is 5.75 Å². The fourth-order valence-electron chi connectivity index (χ4n) is 1.70. The molecule has 0 bridgehead atoms. The van der Waals surface area contributed by atoms with E-state index in [4.69, 9.17) is 9.76 Å². The average molecular weight is 243 g/mol. The highest BCUT2D eigenvalue weighted by molar-refractivity contribution is 6.45. The maximum Gasteiger partial charge on any atom is 0.326 e. The number of ether oxygens (including phenoxy) is 1. The van der Waals surface area contributed by atoms with Gasteiger partial charge in [-0.05, 0) is 36.2 Å². The van der Waals surface area contributed by atoms with Crippen molar-refractivity contribution in [3.05, 3.63) is 59.4 Å². The highest BCUT2D eigenvalue weighted by Crippen LogP contribution is 2.17. The molecular formula is C14H13BFO2. The third-order valence-electron chi connectivity index (χ3n) is 2.63. The lowest BCUT2D eigenvalue weighted by Gasteiger charge is -2.10. The van der Waals surface area contributed by atoms with Crippen LogP contribution >= 0.6 is 0 Å². The van der Waals surface area contributed by atoms with Gasteiger partial charge >= 0.3 is 7.48 Å². The molecule has 1 N–H and O–H groups in total. The predicted octanol–water partition coefficient (Wildman–Crippen LogP) is 1.95. The van der Waals surface area contributed by atoms with Gasteiger partial charge in [0.15, 0.2) is 0 Å². The molecule has 0 saturated carbocycles. The molecule has 91 valence electrons. The van der Waals surface area contributed by atoms with Gasteiger partial charge in [0, 0.05) is 0 Å². The molecule has 0 aliphatic rings. The topological polar surface area (TPSA) is 29.5 Å². The molecule has 0 amide bonds. The minimum absolute atomic E-state index is 0.266. The van der Waals surface area contributed by atoms with E-state index in [-0.39, 0.29) is 5.82 Å². The summed E-state index contributed by atoms with van der Waals surface area (Å²) in [6.07, 6.45) is 0. The summed E-state index contributed by atoms with van der Waals surface area (Å²) in [6, 6.07) is 11.7. The van der Waals surface area contributed by atoms with Crippen LogP contribution in [0.15, 0.2) is 42.5 Å². The predicted molar refractivity (Wildman–Crippen MR) is 69.5 cm³/mol. The Bertz CT molecular complexity index is 543. The molecule has 0 atom stereocenters. The van der Waals surface area contributed by atoms with Crippen molar-refractivity contribution in [1.29, 1.82) is 0 Å². The molecule has 4 heteroatoms. The Balaban J connectivity index is 2.06. The molecule has 2 rings (SSSR count). The summed E-state index contributed by atoms with van der Waals surface area (Å²) in [5.41, 5.74) is 2.44. The highest BCUT2D eigenvalue weighted by atomic mass is 19.1. The molecule has 0 fully saturated rings. The third kappa shape index (κ3) is 3.11. The van der Waals surface area contributed by atoms with E-state index in [1.54, 1.807) is 18.2 Å². The molecule has 0 saturated heterocycles. The van der Waals surface area contributed by atoms with Crippen LogP contribution in [0, 0.1) is 12.7 Å². The molecule has 0 spiro atoms. The zero-order chi connectivity index (χ0) is 13.0. The maximum absolute atomic E-state index is 13.0. The van der Waals surface area contributed by atoms with Crippen LogP contribution in [-0.4, -0.2) is 12.5 Å². The summed E-state index contributed by atoms with van der Waals surface area (Å²) in [5.74, 6) is 0.461. The van der Waals surface area contributed by atoms with Crippen LogP contribution in [0.1, 0.15) is 11.1 Å². The molecule has 0 aliphatic carbocycles. The van der Waals surface area contributed by atoms with Gasteiger partial charge in [0.05, 0.1) is 0 Å². The fraction of sp³-hybridized carbons (Fsp3) is 0.143. The Labute approximate surface area is 106 Å². The van der Waals surface area contributed by atoms with Crippen molar-refractivity contribution in [3.8, 4) is 5.75 Å². The molecular weight excluding hydrogens is 230 g/mol. The van der Waals surface area contributed by atoms with Crippen LogP contribution < -0.4 is 10.2 Å². The second kappa shape index (κ2) is 5.69. The van der Waals surface area contributed by atoms with E-state index < -0.39 is 0 Å². The first kappa shape index (κ1) is 12.6. The number of halogens is 1. The van der Waals surface area contributed by atoms with Gasteiger partial charge in [0.25, 0.3) is 0 Å². The Hall–Kier alpha value is -1.81. The maximum atomic E-state index is 13.0. The van der Waals surface area contributed by atoms with E-state index in [0.717, 1.165) is 29.8 Å². The highest BCUT2D eigenvalue weighted by Gasteiger charge is 2.03. The molecule has 1 radical (unpaired) electrons. The lowest BCUT2D eigenvalue weighted by Crippen LogP contribution is -2.13. The van der Waals surface area contributed by atoms with E-state index in [1.165, 1.54) is 12.1 Å². The molecule has 2 nitrogen and oxygen atoms in total. The normalized spacial score (nSPS) is 10.2. The molecule has 18 heavy (non-hydrogen) atoms.